The van der Waals surface area contributed by atoms with Gasteiger partial charge in [0.1, 0.15) is 5.82 Å². The molecule has 1 aromatic carbocycles. The minimum absolute atomic E-state index is 0.156. The molecule has 1 rings (SSSR count). The van der Waals surface area contributed by atoms with Gasteiger partial charge < -0.3 is 5.32 Å². The molecular formula is C10H6F2N2O3. The van der Waals surface area contributed by atoms with Crippen LogP contribution in [0.15, 0.2) is 12.1 Å². The summed E-state index contributed by atoms with van der Waals surface area (Å²) in [5.74, 6) is -1.34. The molecule has 0 atom stereocenters. The Balaban J connectivity index is 3.12. The number of carbonyl (C=O) groups is 1. The maximum atomic E-state index is 13.3. The number of terminal acetylenes is 1. The molecule has 0 fully saturated rings. The lowest BCUT2D eigenvalue weighted by Crippen LogP contribution is -2.24. The average molecular weight is 240 g/mol. The molecule has 1 aromatic rings. The quantitative estimate of drug-likeness (QED) is 0.490. The molecule has 0 saturated heterocycles. The Labute approximate surface area is 94.6 Å². The average Bonchev–Trinajstić information content (AvgIpc) is 2.28. The van der Waals surface area contributed by atoms with Gasteiger partial charge in [-0.15, -0.1) is 6.42 Å². The number of nitro benzene ring substituents is 1. The van der Waals surface area contributed by atoms with E-state index in [1.54, 1.807) is 0 Å². The van der Waals surface area contributed by atoms with E-state index < -0.39 is 33.7 Å². The van der Waals surface area contributed by atoms with E-state index in [4.69, 9.17) is 6.42 Å². The summed E-state index contributed by atoms with van der Waals surface area (Å²) in [5.41, 5.74) is -1.67. The molecule has 0 aliphatic rings. The Morgan fingerprint density at radius 1 is 1.47 bits per heavy atom. The number of halogens is 2. The van der Waals surface area contributed by atoms with E-state index in [1.165, 1.54) is 0 Å². The number of carbonyl (C=O) groups excluding carboxylic acids is 1. The first-order valence-electron chi connectivity index (χ1n) is 4.32. The lowest BCUT2D eigenvalue weighted by atomic mass is 10.1. The number of amides is 1. The van der Waals surface area contributed by atoms with Crippen molar-refractivity contribution in [1.82, 2.24) is 5.32 Å². The molecule has 0 aromatic heterocycles. The van der Waals surface area contributed by atoms with E-state index in [-0.39, 0.29) is 6.54 Å². The van der Waals surface area contributed by atoms with Crippen LogP contribution in [0.3, 0.4) is 0 Å². The zero-order chi connectivity index (χ0) is 13.0. The van der Waals surface area contributed by atoms with E-state index in [1.807, 2.05) is 0 Å². The zero-order valence-corrected chi connectivity index (χ0v) is 8.37. The van der Waals surface area contributed by atoms with Crippen molar-refractivity contribution in [1.29, 1.82) is 0 Å². The van der Waals surface area contributed by atoms with Gasteiger partial charge in [0.25, 0.3) is 5.91 Å². The van der Waals surface area contributed by atoms with Crippen molar-refractivity contribution < 1.29 is 18.5 Å². The maximum Gasteiger partial charge on any atom is 0.307 e. The fourth-order valence-corrected chi connectivity index (χ4v) is 1.08. The SMILES string of the molecule is C#CCNC(=O)c1cc(F)c([N+](=O)[O-])cc1F. The second kappa shape index (κ2) is 5.03. The van der Waals surface area contributed by atoms with E-state index in [9.17, 15) is 23.7 Å². The van der Waals surface area contributed by atoms with Gasteiger partial charge in [-0.05, 0) is 6.07 Å². The van der Waals surface area contributed by atoms with Crippen LogP contribution in [-0.4, -0.2) is 17.4 Å². The van der Waals surface area contributed by atoms with Crippen LogP contribution in [-0.2, 0) is 0 Å². The minimum Gasteiger partial charge on any atom is -0.341 e. The maximum absolute atomic E-state index is 13.3. The molecule has 0 saturated carbocycles. The van der Waals surface area contributed by atoms with Crippen LogP contribution in [0.1, 0.15) is 10.4 Å². The summed E-state index contributed by atoms with van der Waals surface area (Å²) in [7, 11) is 0. The normalized spacial score (nSPS) is 9.47. The van der Waals surface area contributed by atoms with Crippen LogP contribution in [0, 0.1) is 34.1 Å². The molecule has 0 heterocycles. The molecule has 5 nitrogen and oxygen atoms in total. The van der Waals surface area contributed by atoms with Gasteiger partial charge in [-0.3, -0.25) is 14.9 Å². The lowest BCUT2D eigenvalue weighted by Gasteiger charge is -2.03. The van der Waals surface area contributed by atoms with Crippen LogP contribution < -0.4 is 5.32 Å². The Bertz CT molecular complexity index is 523. The fraction of sp³-hybridized carbons (Fsp3) is 0.100. The highest BCUT2D eigenvalue weighted by Crippen LogP contribution is 2.21. The third-order valence-electron chi connectivity index (χ3n) is 1.83. The van der Waals surface area contributed by atoms with E-state index in [0.29, 0.717) is 12.1 Å². The van der Waals surface area contributed by atoms with Crippen molar-refractivity contribution in [3.05, 3.63) is 39.4 Å². The molecule has 0 spiro atoms. The van der Waals surface area contributed by atoms with E-state index in [0.717, 1.165) is 0 Å². The summed E-state index contributed by atoms with van der Waals surface area (Å²) in [6.45, 7) is -0.156. The van der Waals surface area contributed by atoms with Crippen molar-refractivity contribution in [3.63, 3.8) is 0 Å². The van der Waals surface area contributed by atoms with E-state index in [2.05, 4.69) is 11.2 Å². The molecule has 0 aliphatic carbocycles. The smallest absolute Gasteiger partial charge is 0.307 e. The molecule has 1 N–H and O–H groups in total. The van der Waals surface area contributed by atoms with Gasteiger partial charge in [0, 0.05) is 0 Å². The first-order chi connectivity index (χ1) is 7.97. The van der Waals surface area contributed by atoms with Crippen LogP contribution in [0.2, 0.25) is 0 Å². The third kappa shape index (κ3) is 2.75. The van der Waals surface area contributed by atoms with Crippen LogP contribution in [0.25, 0.3) is 0 Å². The summed E-state index contributed by atoms with van der Waals surface area (Å²) in [5, 5.41) is 12.4. The van der Waals surface area contributed by atoms with Crippen LogP contribution >= 0.6 is 0 Å². The highest BCUT2D eigenvalue weighted by atomic mass is 19.1. The predicted molar refractivity (Wildman–Crippen MR) is 54.2 cm³/mol. The first-order valence-corrected chi connectivity index (χ1v) is 4.32. The largest absolute Gasteiger partial charge is 0.341 e. The van der Waals surface area contributed by atoms with Gasteiger partial charge in [-0.25, -0.2) is 4.39 Å². The number of benzene rings is 1. The molecule has 1 amide bonds. The fourth-order valence-electron chi connectivity index (χ4n) is 1.08. The minimum atomic E-state index is -1.29. The molecule has 0 aliphatic heterocycles. The monoisotopic (exact) mass is 240 g/mol. The Morgan fingerprint density at radius 3 is 2.65 bits per heavy atom. The molecule has 7 heteroatoms. The Kier molecular flexibility index (Phi) is 3.72. The summed E-state index contributed by atoms with van der Waals surface area (Å²) in [6, 6.07) is 0.805. The van der Waals surface area contributed by atoms with E-state index >= 15 is 0 Å². The topological polar surface area (TPSA) is 72.2 Å². The number of nitro groups is 1. The van der Waals surface area contributed by atoms with Crippen molar-refractivity contribution in [2.75, 3.05) is 6.54 Å². The summed E-state index contributed by atoms with van der Waals surface area (Å²) in [4.78, 5) is 20.5. The van der Waals surface area contributed by atoms with Gasteiger partial charge in [0.2, 0.25) is 5.82 Å². The molecule has 17 heavy (non-hydrogen) atoms. The highest BCUT2D eigenvalue weighted by molar-refractivity contribution is 5.94. The van der Waals surface area contributed by atoms with Crippen LogP contribution in [0.5, 0.6) is 0 Å². The van der Waals surface area contributed by atoms with Crippen molar-refractivity contribution in [2.45, 2.75) is 0 Å². The summed E-state index contributed by atoms with van der Waals surface area (Å²) < 4.78 is 26.4. The first kappa shape index (κ1) is 12.6. The van der Waals surface area contributed by atoms with Gasteiger partial charge >= 0.3 is 5.69 Å². The number of rotatable bonds is 3. The zero-order valence-electron chi connectivity index (χ0n) is 8.37. The standard InChI is InChI=1S/C10H6F2N2O3/c1-2-3-13-10(15)6-4-8(12)9(14(16)17)5-7(6)11/h1,4-5H,3H2,(H,13,15). The molecular weight excluding hydrogens is 234 g/mol. The lowest BCUT2D eigenvalue weighted by molar-refractivity contribution is -0.387. The second-order valence-electron chi connectivity index (χ2n) is 2.93. The van der Waals surface area contributed by atoms with Gasteiger partial charge in [0.05, 0.1) is 23.1 Å². The number of hydrogen-bond donors (Lipinski definition) is 1. The summed E-state index contributed by atoms with van der Waals surface area (Å²) in [6.07, 6.45) is 4.86. The second-order valence-corrected chi connectivity index (χ2v) is 2.93. The van der Waals surface area contributed by atoms with Gasteiger partial charge in [0.15, 0.2) is 0 Å². The van der Waals surface area contributed by atoms with Gasteiger partial charge in [-0.1, -0.05) is 5.92 Å². The molecule has 0 unspecified atom stereocenters. The highest BCUT2D eigenvalue weighted by Gasteiger charge is 2.21. The summed E-state index contributed by atoms with van der Waals surface area (Å²) >= 11 is 0. The molecule has 88 valence electrons. The van der Waals surface area contributed by atoms with Gasteiger partial charge in [-0.2, -0.15) is 4.39 Å². The number of nitrogens with zero attached hydrogens (tertiary/aromatic N) is 1. The molecule has 0 bridgehead atoms. The Hall–Kier alpha value is -2.49. The third-order valence-corrected chi connectivity index (χ3v) is 1.83. The number of hydrogen-bond acceptors (Lipinski definition) is 3. The Morgan fingerprint density at radius 2 is 2.12 bits per heavy atom. The molecule has 0 radical (unpaired) electrons. The van der Waals surface area contributed by atoms with Crippen molar-refractivity contribution in [3.8, 4) is 12.3 Å². The van der Waals surface area contributed by atoms with Crippen molar-refractivity contribution in [2.24, 2.45) is 0 Å². The number of nitrogens with one attached hydrogen (secondary N) is 1. The predicted octanol–water partition coefficient (Wildman–Crippen LogP) is 1.24. The van der Waals surface area contributed by atoms with Crippen molar-refractivity contribution >= 4 is 11.6 Å². The van der Waals surface area contributed by atoms with Crippen LogP contribution in [0.4, 0.5) is 14.5 Å².